The van der Waals surface area contributed by atoms with Crippen LogP contribution in [-0.4, -0.2) is 23.3 Å². The lowest BCUT2D eigenvalue weighted by atomic mass is 10.0. The van der Waals surface area contributed by atoms with E-state index in [-0.39, 0.29) is 0 Å². The normalized spacial score (nSPS) is 24.1. The van der Waals surface area contributed by atoms with E-state index in [9.17, 15) is 5.11 Å². The largest absolute Gasteiger partial charge is 0.386 e. The first-order valence-electron chi connectivity index (χ1n) is 4.91. The lowest BCUT2D eigenvalue weighted by molar-refractivity contribution is 0.192. The molecule has 1 aromatic heterocycles. The van der Waals surface area contributed by atoms with Gasteiger partial charge in [-0.3, -0.25) is 0 Å². The number of hydrogen-bond acceptors (Lipinski definition) is 4. The number of aromatic nitrogens is 1. The molecule has 0 aliphatic carbocycles. The highest BCUT2D eigenvalue weighted by Crippen LogP contribution is 2.32. The Balaban J connectivity index is 2.24. The van der Waals surface area contributed by atoms with E-state index in [4.69, 9.17) is 4.74 Å². The lowest BCUT2D eigenvalue weighted by Gasteiger charge is -2.04. The Morgan fingerprint density at radius 1 is 1.64 bits per heavy atom. The molecule has 3 nitrogen and oxygen atoms in total. The van der Waals surface area contributed by atoms with Crippen LogP contribution in [0.4, 0.5) is 0 Å². The molecule has 1 N–H and O–H groups in total. The fourth-order valence-electron chi connectivity index (χ4n) is 1.74. The second kappa shape index (κ2) is 3.96. The van der Waals surface area contributed by atoms with Crippen LogP contribution >= 0.6 is 11.3 Å². The fraction of sp³-hybridized carbons (Fsp3) is 0.700. The third kappa shape index (κ3) is 1.82. The molecule has 0 saturated carbocycles. The molecule has 2 heterocycles. The highest BCUT2D eigenvalue weighted by atomic mass is 32.1. The topological polar surface area (TPSA) is 42.4 Å². The van der Waals surface area contributed by atoms with Crippen molar-refractivity contribution < 1.29 is 9.84 Å². The predicted octanol–water partition coefficient (Wildman–Crippen LogP) is 2.01. The molecule has 1 aromatic rings. The minimum atomic E-state index is -0.449. The summed E-state index contributed by atoms with van der Waals surface area (Å²) in [5.41, 5.74) is 1.13. The van der Waals surface area contributed by atoms with E-state index < -0.39 is 6.10 Å². The van der Waals surface area contributed by atoms with E-state index in [1.807, 2.05) is 0 Å². The highest BCUT2D eigenvalue weighted by Gasteiger charge is 2.23. The van der Waals surface area contributed by atoms with Crippen molar-refractivity contribution in [2.75, 3.05) is 13.2 Å². The van der Waals surface area contributed by atoms with Crippen LogP contribution < -0.4 is 0 Å². The average Bonchev–Trinajstić information content (AvgIpc) is 2.71. The minimum absolute atomic E-state index is 0.443. The summed E-state index contributed by atoms with van der Waals surface area (Å²) in [6.45, 7) is 5.44. The van der Waals surface area contributed by atoms with Crippen LogP contribution in [0.3, 0.4) is 0 Å². The van der Waals surface area contributed by atoms with Crippen molar-refractivity contribution in [2.45, 2.75) is 32.3 Å². The van der Waals surface area contributed by atoms with Crippen molar-refractivity contribution in [3.8, 4) is 0 Å². The smallest absolute Gasteiger partial charge is 0.121 e. The van der Waals surface area contributed by atoms with E-state index in [2.05, 4.69) is 11.9 Å². The van der Waals surface area contributed by atoms with Gasteiger partial charge in [0.2, 0.25) is 0 Å². The molecule has 4 heteroatoms. The molecule has 2 unspecified atom stereocenters. The van der Waals surface area contributed by atoms with Gasteiger partial charge in [0, 0.05) is 17.4 Å². The zero-order chi connectivity index (χ0) is 10.1. The van der Waals surface area contributed by atoms with Gasteiger partial charge in [-0.1, -0.05) is 0 Å². The number of thiazole rings is 1. The molecule has 78 valence electrons. The summed E-state index contributed by atoms with van der Waals surface area (Å²) >= 11 is 1.59. The Hall–Kier alpha value is -0.450. The number of hydrogen-bond donors (Lipinski definition) is 1. The van der Waals surface area contributed by atoms with Crippen molar-refractivity contribution in [3.63, 3.8) is 0 Å². The summed E-state index contributed by atoms with van der Waals surface area (Å²) in [6.07, 6.45) is 0.610. The molecule has 0 bridgehead atoms. The van der Waals surface area contributed by atoms with Crippen molar-refractivity contribution in [2.24, 2.45) is 0 Å². The Kier molecular flexibility index (Phi) is 2.85. The van der Waals surface area contributed by atoms with Crippen LogP contribution in [0.15, 0.2) is 0 Å². The zero-order valence-corrected chi connectivity index (χ0v) is 9.30. The van der Waals surface area contributed by atoms with Gasteiger partial charge in [-0.25, -0.2) is 4.98 Å². The van der Waals surface area contributed by atoms with Crippen LogP contribution in [0.5, 0.6) is 0 Å². The number of aliphatic hydroxyl groups is 1. The van der Waals surface area contributed by atoms with Crippen LogP contribution in [0, 0.1) is 6.92 Å². The first-order chi connectivity index (χ1) is 6.68. The molecular weight excluding hydrogens is 198 g/mol. The summed E-state index contributed by atoms with van der Waals surface area (Å²) in [4.78, 5) is 5.70. The maximum absolute atomic E-state index is 9.42. The van der Waals surface area contributed by atoms with Gasteiger partial charge in [0.05, 0.1) is 12.3 Å². The van der Waals surface area contributed by atoms with Crippen molar-refractivity contribution >= 4 is 11.3 Å². The van der Waals surface area contributed by atoms with E-state index in [0.29, 0.717) is 5.92 Å². The second-order valence-electron chi connectivity index (χ2n) is 3.73. The number of aliphatic hydroxyl groups excluding tert-OH is 1. The fourth-order valence-corrected chi connectivity index (χ4v) is 2.68. The van der Waals surface area contributed by atoms with Gasteiger partial charge in [-0.2, -0.15) is 0 Å². The molecule has 0 amide bonds. The van der Waals surface area contributed by atoms with E-state index in [1.54, 1.807) is 18.3 Å². The maximum atomic E-state index is 9.42. The van der Waals surface area contributed by atoms with E-state index in [1.165, 1.54) is 4.88 Å². The van der Waals surface area contributed by atoms with Gasteiger partial charge in [0.1, 0.15) is 11.1 Å². The summed E-state index contributed by atoms with van der Waals surface area (Å²) in [5, 5.41) is 10.2. The number of rotatable bonds is 2. The zero-order valence-electron chi connectivity index (χ0n) is 8.49. The van der Waals surface area contributed by atoms with E-state index in [0.717, 1.165) is 30.3 Å². The first-order valence-corrected chi connectivity index (χ1v) is 5.73. The summed E-state index contributed by atoms with van der Waals surface area (Å²) in [6, 6.07) is 0. The summed E-state index contributed by atoms with van der Waals surface area (Å²) in [7, 11) is 0. The van der Waals surface area contributed by atoms with Gasteiger partial charge in [-0.05, 0) is 20.3 Å². The lowest BCUT2D eigenvalue weighted by Crippen LogP contribution is -2.00. The first kappa shape index (κ1) is 10.1. The molecule has 1 fully saturated rings. The maximum Gasteiger partial charge on any atom is 0.121 e. The molecule has 0 radical (unpaired) electrons. The van der Waals surface area contributed by atoms with Crippen LogP contribution in [0.25, 0.3) is 0 Å². The molecular formula is C10H15NO2S. The monoisotopic (exact) mass is 213 g/mol. The van der Waals surface area contributed by atoms with Gasteiger partial charge in [-0.15, -0.1) is 11.3 Å². The Bertz CT molecular complexity index is 316. The highest BCUT2D eigenvalue weighted by molar-refractivity contribution is 7.11. The molecule has 0 spiro atoms. The SMILES string of the molecule is Cc1sc(C(C)O)nc1C1CCOC1. The van der Waals surface area contributed by atoms with Gasteiger partial charge in [0.15, 0.2) is 0 Å². The van der Waals surface area contributed by atoms with Crippen molar-refractivity contribution in [1.29, 1.82) is 0 Å². The molecule has 0 aromatic carbocycles. The summed E-state index contributed by atoms with van der Waals surface area (Å²) in [5.74, 6) is 0.443. The Labute approximate surface area is 87.7 Å². The standard InChI is InChI=1S/C10H15NO2S/c1-6(12)10-11-9(7(2)14-10)8-3-4-13-5-8/h6,8,12H,3-5H2,1-2H3. The summed E-state index contributed by atoms with van der Waals surface area (Å²) < 4.78 is 5.34. The number of nitrogens with zero attached hydrogens (tertiary/aromatic N) is 1. The second-order valence-corrected chi connectivity index (χ2v) is 4.96. The third-order valence-electron chi connectivity index (χ3n) is 2.52. The van der Waals surface area contributed by atoms with Gasteiger partial charge >= 0.3 is 0 Å². The minimum Gasteiger partial charge on any atom is -0.386 e. The molecule has 1 aliphatic rings. The van der Waals surface area contributed by atoms with Crippen LogP contribution in [0.2, 0.25) is 0 Å². The Morgan fingerprint density at radius 3 is 2.93 bits per heavy atom. The number of aryl methyl sites for hydroxylation is 1. The Morgan fingerprint density at radius 2 is 2.43 bits per heavy atom. The molecule has 2 rings (SSSR count). The van der Waals surface area contributed by atoms with Crippen LogP contribution in [-0.2, 0) is 4.74 Å². The van der Waals surface area contributed by atoms with E-state index >= 15 is 0 Å². The molecule has 14 heavy (non-hydrogen) atoms. The number of ether oxygens (including phenoxy) is 1. The molecule has 1 saturated heterocycles. The average molecular weight is 213 g/mol. The third-order valence-corrected chi connectivity index (χ3v) is 3.68. The molecule has 2 atom stereocenters. The predicted molar refractivity (Wildman–Crippen MR) is 55.7 cm³/mol. The van der Waals surface area contributed by atoms with Gasteiger partial charge < -0.3 is 9.84 Å². The van der Waals surface area contributed by atoms with Crippen molar-refractivity contribution in [1.82, 2.24) is 4.98 Å². The van der Waals surface area contributed by atoms with Gasteiger partial charge in [0.25, 0.3) is 0 Å². The van der Waals surface area contributed by atoms with Crippen LogP contribution in [0.1, 0.15) is 40.9 Å². The quantitative estimate of drug-likeness (QED) is 0.817. The molecule has 1 aliphatic heterocycles. The van der Waals surface area contributed by atoms with Crippen molar-refractivity contribution in [3.05, 3.63) is 15.6 Å².